The highest BCUT2D eigenvalue weighted by molar-refractivity contribution is 5.70. The molecule has 2 fully saturated rings. The number of nitrogens with zero attached hydrogens (tertiary/aromatic N) is 1. The molecule has 1 amide bonds. The van der Waals surface area contributed by atoms with Gasteiger partial charge in [-0.05, 0) is 45.4 Å². The van der Waals surface area contributed by atoms with Crippen LogP contribution in [0.15, 0.2) is 0 Å². The van der Waals surface area contributed by atoms with Crippen LogP contribution in [-0.2, 0) is 4.74 Å². The Morgan fingerprint density at radius 3 is 2.59 bits per heavy atom. The molecule has 1 N–H and O–H groups in total. The van der Waals surface area contributed by atoms with Gasteiger partial charge in [0.25, 0.3) is 0 Å². The SMILES string of the molecule is C[C@@H]1C[C@@H]2C[C@H]1[C@@H](CO)N2C(=O)OC(C)(C)C. The van der Waals surface area contributed by atoms with Gasteiger partial charge >= 0.3 is 6.09 Å². The number of ether oxygens (including phenoxy) is 1. The first-order valence-electron chi connectivity index (χ1n) is 6.45. The first kappa shape index (κ1) is 12.7. The Labute approximate surface area is 103 Å². The molecular weight excluding hydrogens is 218 g/mol. The van der Waals surface area contributed by atoms with E-state index in [1.54, 1.807) is 4.90 Å². The second-order valence-electron chi connectivity index (χ2n) is 6.40. The van der Waals surface area contributed by atoms with Crippen molar-refractivity contribution in [2.45, 2.75) is 58.2 Å². The van der Waals surface area contributed by atoms with Crippen molar-refractivity contribution >= 4 is 6.09 Å². The Kier molecular flexibility index (Phi) is 3.10. The largest absolute Gasteiger partial charge is 0.444 e. The molecule has 0 radical (unpaired) electrons. The predicted octanol–water partition coefficient (Wildman–Crippen LogP) is 2.01. The Bertz CT molecular complexity index is 310. The Morgan fingerprint density at radius 1 is 1.41 bits per heavy atom. The standard InChI is InChI=1S/C13H23NO3/c1-8-5-9-6-10(8)11(7-15)14(9)12(16)17-13(2,3)4/h8-11,15H,5-7H2,1-4H3/t8-,9-,10-,11-/m1/s1. The van der Waals surface area contributed by atoms with Crippen molar-refractivity contribution in [2.75, 3.05) is 6.61 Å². The summed E-state index contributed by atoms with van der Waals surface area (Å²) in [6.07, 6.45) is 1.79. The van der Waals surface area contributed by atoms with E-state index in [0.29, 0.717) is 11.8 Å². The molecule has 0 unspecified atom stereocenters. The third kappa shape index (κ3) is 2.28. The van der Waals surface area contributed by atoms with Crippen LogP contribution < -0.4 is 0 Å². The maximum Gasteiger partial charge on any atom is 0.410 e. The maximum absolute atomic E-state index is 12.1. The van der Waals surface area contributed by atoms with Crippen molar-refractivity contribution in [3.63, 3.8) is 0 Å². The van der Waals surface area contributed by atoms with E-state index in [9.17, 15) is 9.90 Å². The van der Waals surface area contributed by atoms with Gasteiger partial charge in [0, 0.05) is 6.04 Å². The molecule has 0 aromatic carbocycles. The van der Waals surface area contributed by atoms with Crippen molar-refractivity contribution in [1.29, 1.82) is 0 Å². The van der Waals surface area contributed by atoms with Crippen LogP contribution in [0.5, 0.6) is 0 Å². The fourth-order valence-corrected chi connectivity index (χ4v) is 3.31. The fraction of sp³-hybridized carbons (Fsp3) is 0.923. The number of carbonyl (C=O) groups is 1. The van der Waals surface area contributed by atoms with Crippen molar-refractivity contribution < 1.29 is 14.6 Å². The normalized spacial score (nSPS) is 36.4. The van der Waals surface area contributed by atoms with Gasteiger partial charge in [-0.1, -0.05) is 6.92 Å². The van der Waals surface area contributed by atoms with Gasteiger partial charge in [-0.3, -0.25) is 4.90 Å². The van der Waals surface area contributed by atoms with Gasteiger partial charge in [0.1, 0.15) is 5.60 Å². The average Bonchev–Trinajstić information content (AvgIpc) is 2.69. The smallest absolute Gasteiger partial charge is 0.410 e. The summed E-state index contributed by atoms with van der Waals surface area (Å²) in [5, 5.41) is 9.47. The van der Waals surface area contributed by atoms with E-state index < -0.39 is 5.60 Å². The summed E-state index contributed by atoms with van der Waals surface area (Å²) in [5.41, 5.74) is -0.468. The molecule has 2 aliphatic rings. The molecule has 0 aromatic rings. The molecule has 1 saturated carbocycles. The van der Waals surface area contributed by atoms with Crippen LogP contribution in [0.2, 0.25) is 0 Å². The van der Waals surface area contributed by atoms with Gasteiger partial charge in [0.2, 0.25) is 0 Å². The molecule has 1 aliphatic carbocycles. The molecule has 2 bridgehead atoms. The topological polar surface area (TPSA) is 49.8 Å². The highest BCUT2D eigenvalue weighted by Gasteiger charge is 2.52. The van der Waals surface area contributed by atoms with Gasteiger partial charge in [-0.25, -0.2) is 4.79 Å². The lowest BCUT2D eigenvalue weighted by Crippen LogP contribution is -2.50. The zero-order valence-electron chi connectivity index (χ0n) is 11.1. The van der Waals surface area contributed by atoms with E-state index in [0.717, 1.165) is 12.8 Å². The third-order valence-electron chi connectivity index (χ3n) is 3.96. The second-order valence-corrected chi connectivity index (χ2v) is 6.40. The Morgan fingerprint density at radius 2 is 2.06 bits per heavy atom. The second kappa shape index (κ2) is 4.16. The van der Waals surface area contributed by atoms with Crippen molar-refractivity contribution in [2.24, 2.45) is 11.8 Å². The number of fused-ring (bicyclic) bond motifs is 2. The summed E-state index contributed by atoms with van der Waals surface area (Å²) < 4.78 is 5.42. The lowest BCUT2D eigenvalue weighted by Gasteiger charge is -2.37. The number of piperidine rings is 1. The highest BCUT2D eigenvalue weighted by atomic mass is 16.6. The van der Waals surface area contributed by atoms with E-state index in [1.807, 2.05) is 20.8 Å². The van der Waals surface area contributed by atoms with Crippen LogP contribution in [0.25, 0.3) is 0 Å². The van der Waals surface area contributed by atoms with E-state index in [1.165, 1.54) is 0 Å². The summed E-state index contributed by atoms with van der Waals surface area (Å²) in [6, 6.07) is 0.223. The molecule has 98 valence electrons. The number of hydrogen-bond donors (Lipinski definition) is 1. The van der Waals surface area contributed by atoms with E-state index in [-0.39, 0.29) is 24.8 Å². The zero-order chi connectivity index (χ0) is 12.8. The molecule has 4 heteroatoms. The quantitative estimate of drug-likeness (QED) is 0.764. The molecule has 17 heavy (non-hydrogen) atoms. The van der Waals surface area contributed by atoms with Crippen LogP contribution >= 0.6 is 0 Å². The summed E-state index contributed by atoms with van der Waals surface area (Å²) >= 11 is 0. The summed E-state index contributed by atoms with van der Waals surface area (Å²) in [7, 11) is 0. The molecule has 1 heterocycles. The van der Waals surface area contributed by atoms with E-state index in [2.05, 4.69) is 6.92 Å². The molecule has 4 nitrogen and oxygen atoms in total. The van der Waals surface area contributed by atoms with Crippen LogP contribution in [0.4, 0.5) is 4.79 Å². The predicted molar refractivity (Wildman–Crippen MR) is 64.6 cm³/mol. The van der Waals surface area contributed by atoms with Crippen molar-refractivity contribution in [1.82, 2.24) is 4.90 Å². The minimum absolute atomic E-state index is 0.0430. The number of amides is 1. The Hall–Kier alpha value is -0.770. The third-order valence-corrected chi connectivity index (χ3v) is 3.96. The number of likely N-dealkylation sites (tertiary alicyclic amines) is 1. The molecule has 1 aliphatic heterocycles. The van der Waals surface area contributed by atoms with E-state index >= 15 is 0 Å². The lowest BCUT2D eigenvalue weighted by atomic mass is 9.90. The summed E-state index contributed by atoms with van der Waals surface area (Å²) in [6.45, 7) is 7.87. The first-order valence-corrected chi connectivity index (χ1v) is 6.45. The number of carbonyl (C=O) groups excluding carboxylic acids is 1. The number of hydrogen-bond acceptors (Lipinski definition) is 3. The molecule has 0 aromatic heterocycles. The highest BCUT2D eigenvalue weighted by Crippen LogP contribution is 2.46. The molecule has 4 atom stereocenters. The number of aliphatic hydroxyl groups excluding tert-OH is 1. The van der Waals surface area contributed by atoms with Gasteiger partial charge in [0.15, 0.2) is 0 Å². The fourth-order valence-electron chi connectivity index (χ4n) is 3.31. The maximum atomic E-state index is 12.1. The molecule has 1 saturated heterocycles. The van der Waals surface area contributed by atoms with Crippen LogP contribution in [0, 0.1) is 11.8 Å². The van der Waals surface area contributed by atoms with Crippen LogP contribution in [0.3, 0.4) is 0 Å². The monoisotopic (exact) mass is 241 g/mol. The minimum Gasteiger partial charge on any atom is -0.444 e. The van der Waals surface area contributed by atoms with Crippen molar-refractivity contribution in [3.8, 4) is 0 Å². The van der Waals surface area contributed by atoms with E-state index in [4.69, 9.17) is 4.74 Å². The Balaban J connectivity index is 2.09. The van der Waals surface area contributed by atoms with Gasteiger partial charge < -0.3 is 9.84 Å². The van der Waals surface area contributed by atoms with Gasteiger partial charge in [-0.15, -0.1) is 0 Å². The summed E-state index contributed by atoms with van der Waals surface area (Å²) in [5.74, 6) is 1.05. The molecule has 2 rings (SSSR count). The van der Waals surface area contributed by atoms with Gasteiger partial charge in [0.05, 0.1) is 12.6 Å². The first-order chi connectivity index (χ1) is 7.83. The minimum atomic E-state index is -0.468. The number of aliphatic hydroxyl groups is 1. The average molecular weight is 241 g/mol. The van der Waals surface area contributed by atoms with Crippen LogP contribution in [0.1, 0.15) is 40.5 Å². The lowest BCUT2D eigenvalue weighted by molar-refractivity contribution is -0.00591. The molecular formula is C13H23NO3. The van der Waals surface area contributed by atoms with Crippen molar-refractivity contribution in [3.05, 3.63) is 0 Å². The zero-order valence-corrected chi connectivity index (χ0v) is 11.1. The number of rotatable bonds is 1. The van der Waals surface area contributed by atoms with Crippen LogP contribution in [-0.4, -0.2) is 40.4 Å². The van der Waals surface area contributed by atoms with Gasteiger partial charge in [-0.2, -0.15) is 0 Å². The summed E-state index contributed by atoms with van der Waals surface area (Å²) in [4.78, 5) is 13.9. The molecule has 0 spiro atoms.